The van der Waals surface area contributed by atoms with E-state index in [0.717, 1.165) is 56.1 Å². The van der Waals surface area contributed by atoms with Gasteiger partial charge in [-0.25, -0.2) is 4.98 Å². The summed E-state index contributed by atoms with van der Waals surface area (Å²) in [6.45, 7) is 12.4. The maximum absolute atomic E-state index is 11.5. The molecule has 3 N–H and O–H groups in total. The highest BCUT2D eigenvalue weighted by Crippen LogP contribution is 2.19. The monoisotopic (exact) mass is 367 g/mol. The molecule has 1 saturated heterocycles. The molecule has 0 aliphatic carbocycles. The number of hydrogen-bond donors (Lipinski definition) is 2. The summed E-state index contributed by atoms with van der Waals surface area (Å²) in [5.74, 6) is 1.41. The van der Waals surface area contributed by atoms with Crippen molar-refractivity contribution < 1.29 is 4.79 Å². The predicted octanol–water partition coefficient (Wildman–Crippen LogP) is 0.700. The van der Waals surface area contributed by atoms with E-state index in [0.29, 0.717) is 6.54 Å². The molecular weight excluding hydrogens is 338 g/mol. The van der Waals surface area contributed by atoms with Crippen LogP contribution < -0.4 is 16.0 Å². The first-order valence-electron chi connectivity index (χ1n) is 8.78. The van der Waals surface area contributed by atoms with Gasteiger partial charge in [-0.05, 0) is 20.8 Å². The zero-order valence-electron chi connectivity index (χ0n) is 15.6. The molecule has 0 aromatic carbocycles. The van der Waals surface area contributed by atoms with Crippen LogP contribution in [0.5, 0.6) is 0 Å². The van der Waals surface area contributed by atoms with Gasteiger partial charge in [0.15, 0.2) is 5.96 Å². The van der Waals surface area contributed by atoms with Crippen LogP contribution in [0.25, 0.3) is 0 Å². The van der Waals surface area contributed by atoms with Crippen LogP contribution in [0.3, 0.4) is 0 Å². The van der Waals surface area contributed by atoms with E-state index in [4.69, 9.17) is 5.73 Å². The summed E-state index contributed by atoms with van der Waals surface area (Å²) in [4.78, 5) is 25.2. The molecule has 2 heterocycles. The normalized spacial score (nSPS) is 16.2. The average molecular weight is 368 g/mol. The molecule has 0 atom stereocenters. The molecule has 2 rings (SSSR count). The lowest BCUT2D eigenvalue weighted by atomic mass is 9.93. The van der Waals surface area contributed by atoms with Crippen molar-refractivity contribution in [2.45, 2.75) is 34.1 Å². The van der Waals surface area contributed by atoms with E-state index in [1.54, 1.807) is 0 Å². The highest BCUT2D eigenvalue weighted by molar-refractivity contribution is 7.09. The second-order valence-electron chi connectivity index (χ2n) is 6.74. The largest absolute Gasteiger partial charge is 0.369 e. The maximum Gasteiger partial charge on any atom is 0.224 e. The molecular formula is C16H29N7OS. The highest BCUT2D eigenvalue weighted by Gasteiger charge is 2.26. The third-order valence-corrected chi connectivity index (χ3v) is 5.06. The summed E-state index contributed by atoms with van der Waals surface area (Å²) < 4.78 is 4.36. The fraction of sp³-hybridized carbons (Fsp3) is 0.750. The Labute approximate surface area is 153 Å². The number of aliphatic imine (C=N–C) groups is 1. The predicted molar refractivity (Wildman–Crippen MR) is 102 cm³/mol. The van der Waals surface area contributed by atoms with Crippen molar-refractivity contribution >= 4 is 28.5 Å². The summed E-state index contributed by atoms with van der Waals surface area (Å²) in [5.41, 5.74) is 4.80. The summed E-state index contributed by atoms with van der Waals surface area (Å²) in [6.07, 6.45) is 0.864. The van der Waals surface area contributed by atoms with E-state index in [-0.39, 0.29) is 5.91 Å². The highest BCUT2D eigenvalue weighted by atomic mass is 32.1. The number of rotatable bonds is 6. The number of primary amides is 1. The van der Waals surface area contributed by atoms with Crippen molar-refractivity contribution in [2.24, 2.45) is 16.1 Å². The molecule has 0 unspecified atom stereocenters. The number of aryl methyl sites for hydroxylation is 1. The molecule has 9 heteroatoms. The van der Waals surface area contributed by atoms with Crippen LogP contribution in [0.4, 0.5) is 5.13 Å². The van der Waals surface area contributed by atoms with Gasteiger partial charge in [0, 0.05) is 50.7 Å². The number of anilines is 1. The van der Waals surface area contributed by atoms with Crippen LogP contribution in [0.2, 0.25) is 0 Å². The molecule has 0 radical (unpaired) electrons. The second kappa shape index (κ2) is 8.46. The van der Waals surface area contributed by atoms with Gasteiger partial charge >= 0.3 is 0 Å². The van der Waals surface area contributed by atoms with E-state index < -0.39 is 5.41 Å². The van der Waals surface area contributed by atoms with Gasteiger partial charge in [0.2, 0.25) is 11.0 Å². The number of nitrogens with one attached hydrogen (secondary N) is 1. The van der Waals surface area contributed by atoms with Crippen LogP contribution in [-0.4, -0.2) is 65.4 Å². The first-order valence-corrected chi connectivity index (χ1v) is 9.55. The molecule has 0 bridgehead atoms. The molecule has 1 amide bonds. The summed E-state index contributed by atoms with van der Waals surface area (Å²) in [5, 5.41) is 4.31. The van der Waals surface area contributed by atoms with Crippen LogP contribution in [0, 0.1) is 5.41 Å². The van der Waals surface area contributed by atoms with Gasteiger partial charge in [0.1, 0.15) is 5.82 Å². The SMILES string of the molecule is CCNC(=NCC(C)(C)C(N)=O)N1CCN(c2nc(CC)ns2)CC1. The number of piperazine rings is 1. The summed E-state index contributed by atoms with van der Waals surface area (Å²) >= 11 is 1.47. The minimum Gasteiger partial charge on any atom is -0.369 e. The van der Waals surface area contributed by atoms with E-state index in [2.05, 4.69) is 36.4 Å². The van der Waals surface area contributed by atoms with Crippen molar-refractivity contribution in [3.63, 3.8) is 0 Å². The Balaban J connectivity index is 1.98. The molecule has 1 aromatic heterocycles. The molecule has 0 spiro atoms. The number of carbonyl (C=O) groups excluding carboxylic acids is 1. The Kier molecular flexibility index (Phi) is 6.57. The zero-order chi connectivity index (χ0) is 18.4. The minimum absolute atomic E-state index is 0.333. The zero-order valence-corrected chi connectivity index (χ0v) is 16.4. The Bertz CT molecular complexity index is 605. The maximum atomic E-state index is 11.5. The molecule has 1 aliphatic heterocycles. The Morgan fingerprint density at radius 1 is 1.32 bits per heavy atom. The van der Waals surface area contributed by atoms with E-state index >= 15 is 0 Å². The van der Waals surface area contributed by atoms with Crippen LogP contribution >= 0.6 is 11.5 Å². The van der Waals surface area contributed by atoms with Gasteiger partial charge in [-0.1, -0.05) is 6.92 Å². The summed E-state index contributed by atoms with van der Waals surface area (Å²) in [6, 6.07) is 0. The number of amides is 1. The quantitative estimate of drug-likeness (QED) is 0.567. The van der Waals surface area contributed by atoms with Gasteiger partial charge in [-0.2, -0.15) is 4.37 Å². The average Bonchev–Trinajstić information content (AvgIpc) is 3.08. The van der Waals surface area contributed by atoms with Crippen molar-refractivity contribution in [1.29, 1.82) is 0 Å². The fourth-order valence-corrected chi connectivity index (χ4v) is 3.20. The first-order chi connectivity index (χ1) is 11.9. The smallest absolute Gasteiger partial charge is 0.224 e. The molecule has 140 valence electrons. The molecule has 0 saturated carbocycles. The first kappa shape index (κ1) is 19.4. The topological polar surface area (TPSA) is 99.7 Å². The van der Waals surface area contributed by atoms with Crippen LogP contribution in [-0.2, 0) is 11.2 Å². The van der Waals surface area contributed by atoms with Crippen molar-refractivity contribution in [2.75, 3.05) is 44.2 Å². The van der Waals surface area contributed by atoms with Gasteiger partial charge < -0.3 is 20.9 Å². The number of nitrogens with zero attached hydrogens (tertiary/aromatic N) is 5. The third kappa shape index (κ3) is 5.04. The Morgan fingerprint density at radius 3 is 2.52 bits per heavy atom. The van der Waals surface area contributed by atoms with Crippen molar-refractivity contribution in [1.82, 2.24) is 19.6 Å². The Hall–Kier alpha value is -1.90. The molecule has 1 fully saturated rings. The lowest BCUT2D eigenvalue weighted by molar-refractivity contribution is -0.125. The van der Waals surface area contributed by atoms with E-state index in [1.165, 1.54) is 11.5 Å². The number of nitrogens with two attached hydrogens (primary N) is 1. The van der Waals surface area contributed by atoms with Crippen LogP contribution in [0.15, 0.2) is 4.99 Å². The minimum atomic E-state index is -0.647. The van der Waals surface area contributed by atoms with Crippen molar-refractivity contribution in [3.8, 4) is 0 Å². The van der Waals surface area contributed by atoms with Crippen molar-refractivity contribution in [3.05, 3.63) is 5.82 Å². The van der Waals surface area contributed by atoms with Gasteiger partial charge in [0.25, 0.3) is 0 Å². The van der Waals surface area contributed by atoms with E-state index in [9.17, 15) is 4.79 Å². The fourth-order valence-electron chi connectivity index (χ4n) is 2.40. The molecule has 8 nitrogen and oxygen atoms in total. The van der Waals surface area contributed by atoms with Gasteiger partial charge in [-0.15, -0.1) is 0 Å². The number of carbonyl (C=O) groups is 1. The third-order valence-electron chi connectivity index (χ3n) is 4.25. The van der Waals surface area contributed by atoms with Gasteiger partial charge in [-0.3, -0.25) is 9.79 Å². The van der Waals surface area contributed by atoms with Gasteiger partial charge in [0.05, 0.1) is 12.0 Å². The summed E-state index contributed by atoms with van der Waals surface area (Å²) in [7, 11) is 0. The number of aromatic nitrogens is 2. The lowest BCUT2D eigenvalue weighted by Gasteiger charge is -2.36. The second-order valence-corrected chi connectivity index (χ2v) is 7.47. The van der Waals surface area contributed by atoms with Crippen LogP contribution in [0.1, 0.15) is 33.5 Å². The number of guanidine groups is 1. The molecule has 25 heavy (non-hydrogen) atoms. The number of hydrogen-bond acceptors (Lipinski definition) is 6. The molecule has 1 aromatic rings. The molecule has 1 aliphatic rings. The van der Waals surface area contributed by atoms with E-state index in [1.807, 2.05) is 20.8 Å². The standard InChI is InChI=1S/C16H29N7OS/c1-5-12-20-15(25-21-12)23-9-7-22(8-10-23)14(18-6-2)19-11-16(3,4)13(17)24/h5-11H2,1-4H3,(H2,17,24)(H,18,19). The Morgan fingerprint density at radius 2 is 2.00 bits per heavy atom. The lowest BCUT2D eigenvalue weighted by Crippen LogP contribution is -2.53.